The van der Waals surface area contributed by atoms with Crippen molar-refractivity contribution in [1.29, 1.82) is 0 Å². The van der Waals surface area contributed by atoms with Crippen molar-refractivity contribution in [3.05, 3.63) is 101 Å². The quantitative estimate of drug-likeness (QED) is 0.312. The van der Waals surface area contributed by atoms with Crippen molar-refractivity contribution in [3.63, 3.8) is 0 Å². The Morgan fingerprint density at radius 3 is 2.63 bits per heavy atom. The Balaban J connectivity index is 1.67. The first-order chi connectivity index (χ1) is 14.7. The van der Waals surface area contributed by atoms with Crippen LogP contribution in [0.25, 0.3) is 44.3 Å². The SMILES string of the molecule is O=C(/C=C\c1ccco1)c1ccc2c(=O)n3c4ccccc4nc3c3cccc1c23. The molecule has 6 rings (SSSR count). The van der Waals surface area contributed by atoms with Gasteiger partial charge in [-0.15, -0.1) is 0 Å². The first-order valence-corrected chi connectivity index (χ1v) is 9.56. The highest BCUT2D eigenvalue weighted by Crippen LogP contribution is 2.31. The molecule has 0 saturated heterocycles. The topological polar surface area (TPSA) is 64.6 Å². The number of allylic oxidation sites excluding steroid dienone is 1. The standard InChI is InChI=1S/C25H14N2O3/c28-22(13-10-15-5-4-14-30-15)16-11-12-19-23-17(16)6-3-7-18(23)24-26-20-8-1-2-9-21(20)27(24)25(19)29/h1-14H/b13-10-. The highest BCUT2D eigenvalue weighted by Gasteiger charge is 2.18. The van der Waals surface area contributed by atoms with Gasteiger partial charge in [-0.05, 0) is 53.9 Å². The monoisotopic (exact) mass is 390 g/mol. The molecule has 0 aliphatic heterocycles. The van der Waals surface area contributed by atoms with Gasteiger partial charge in [0.1, 0.15) is 11.4 Å². The number of ketones is 1. The minimum atomic E-state index is -0.151. The van der Waals surface area contributed by atoms with Crippen LogP contribution in [-0.4, -0.2) is 15.2 Å². The minimum absolute atomic E-state index is 0.132. The Hall–Kier alpha value is -4.25. The van der Waals surface area contributed by atoms with Crippen LogP contribution in [0.4, 0.5) is 0 Å². The van der Waals surface area contributed by atoms with Crippen molar-refractivity contribution in [1.82, 2.24) is 9.38 Å². The fourth-order valence-electron chi connectivity index (χ4n) is 4.15. The third kappa shape index (κ3) is 2.26. The van der Waals surface area contributed by atoms with E-state index in [9.17, 15) is 9.59 Å². The zero-order valence-electron chi connectivity index (χ0n) is 15.7. The Labute approximate surface area is 169 Å². The lowest BCUT2D eigenvalue weighted by molar-refractivity contribution is 0.104. The number of nitrogens with zero attached hydrogens (tertiary/aromatic N) is 2. The molecular formula is C25H14N2O3. The molecule has 0 radical (unpaired) electrons. The summed E-state index contributed by atoms with van der Waals surface area (Å²) in [7, 11) is 0. The summed E-state index contributed by atoms with van der Waals surface area (Å²) in [5.74, 6) is 0.455. The Kier molecular flexibility index (Phi) is 3.40. The number of imidazole rings is 1. The first-order valence-electron chi connectivity index (χ1n) is 9.56. The van der Waals surface area contributed by atoms with E-state index < -0.39 is 0 Å². The molecule has 3 aromatic heterocycles. The predicted octanol–water partition coefficient (Wildman–Crippen LogP) is 5.08. The van der Waals surface area contributed by atoms with Gasteiger partial charge in [-0.3, -0.25) is 14.0 Å². The highest BCUT2D eigenvalue weighted by molar-refractivity contribution is 6.23. The number of carbonyl (C=O) groups is 1. The number of hydrogen-bond acceptors (Lipinski definition) is 4. The third-order valence-electron chi connectivity index (χ3n) is 5.48. The van der Waals surface area contributed by atoms with Crippen molar-refractivity contribution in [3.8, 4) is 0 Å². The smallest absolute Gasteiger partial charge is 0.264 e. The van der Waals surface area contributed by atoms with Crippen molar-refractivity contribution in [2.45, 2.75) is 0 Å². The van der Waals surface area contributed by atoms with Crippen LogP contribution < -0.4 is 5.56 Å². The molecule has 30 heavy (non-hydrogen) atoms. The van der Waals surface area contributed by atoms with E-state index >= 15 is 0 Å². The molecule has 0 unspecified atom stereocenters. The summed E-state index contributed by atoms with van der Waals surface area (Å²) in [4.78, 5) is 31.0. The lowest BCUT2D eigenvalue weighted by Crippen LogP contribution is -2.13. The fourth-order valence-corrected chi connectivity index (χ4v) is 4.15. The van der Waals surface area contributed by atoms with E-state index in [0.29, 0.717) is 22.4 Å². The normalized spacial score (nSPS) is 12.1. The largest absolute Gasteiger partial charge is 0.465 e. The van der Waals surface area contributed by atoms with E-state index in [1.165, 1.54) is 6.08 Å². The number of fused-ring (bicyclic) bond motifs is 4. The summed E-state index contributed by atoms with van der Waals surface area (Å²) in [5, 5.41) is 2.93. The second-order valence-corrected chi connectivity index (χ2v) is 7.17. The van der Waals surface area contributed by atoms with Gasteiger partial charge in [0.15, 0.2) is 5.78 Å². The molecule has 0 bridgehead atoms. The van der Waals surface area contributed by atoms with Crippen LogP contribution in [0.5, 0.6) is 0 Å². The summed E-state index contributed by atoms with van der Waals surface area (Å²) < 4.78 is 6.92. The molecule has 0 N–H and O–H groups in total. The summed E-state index contributed by atoms with van der Waals surface area (Å²) >= 11 is 0. The van der Waals surface area contributed by atoms with Crippen LogP contribution in [0.2, 0.25) is 0 Å². The predicted molar refractivity (Wildman–Crippen MR) is 117 cm³/mol. The first kappa shape index (κ1) is 16.7. The molecule has 0 aliphatic rings. The lowest BCUT2D eigenvalue weighted by Gasteiger charge is -2.10. The van der Waals surface area contributed by atoms with Crippen LogP contribution in [-0.2, 0) is 0 Å². The molecule has 0 amide bonds. The maximum absolute atomic E-state index is 13.3. The van der Waals surface area contributed by atoms with E-state index in [1.54, 1.807) is 41.0 Å². The maximum atomic E-state index is 13.3. The van der Waals surface area contributed by atoms with Gasteiger partial charge in [0.05, 0.1) is 17.3 Å². The molecule has 5 heteroatoms. The number of furan rings is 1. The maximum Gasteiger partial charge on any atom is 0.264 e. The van der Waals surface area contributed by atoms with E-state index in [-0.39, 0.29) is 11.3 Å². The number of para-hydroxylation sites is 2. The van der Waals surface area contributed by atoms with Gasteiger partial charge < -0.3 is 4.42 Å². The van der Waals surface area contributed by atoms with Crippen molar-refractivity contribution < 1.29 is 9.21 Å². The molecule has 0 aliphatic carbocycles. The van der Waals surface area contributed by atoms with E-state index in [2.05, 4.69) is 0 Å². The van der Waals surface area contributed by atoms with Gasteiger partial charge in [0.2, 0.25) is 0 Å². The molecule has 3 aromatic carbocycles. The van der Waals surface area contributed by atoms with Crippen LogP contribution in [0.1, 0.15) is 16.1 Å². The van der Waals surface area contributed by atoms with E-state index in [1.807, 2.05) is 42.5 Å². The van der Waals surface area contributed by atoms with Crippen molar-refractivity contribution >= 4 is 50.1 Å². The van der Waals surface area contributed by atoms with Crippen molar-refractivity contribution in [2.75, 3.05) is 0 Å². The third-order valence-corrected chi connectivity index (χ3v) is 5.48. The fraction of sp³-hybridized carbons (Fsp3) is 0. The zero-order chi connectivity index (χ0) is 20.2. The van der Waals surface area contributed by atoms with Gasteiger partial charge in [0.25, 0.3) is 5.56 Å². The summed E-state index contributed by atoms with van der Waals surface area (Å²) in [5.41, 5.74) is 2.56. The lowest BCUT2D eigenvalue weighted by atomic mass is 9.96. The Morgan fingerprint density at radius 1 is 0.900 bits per heavy atom. The second kappa shape index (κ2) is 6.12. The van der Waals surface area contributed by atoms with E-state index in [0.717, 1.165) is 27.2 Å². The second-order valence-electron chi connectivity index (χ2n) is 7.17. The minimum Gasteiger partial charge on any atom is -0.465 e. The van der Waals surface area contributed by atoms with Gasteiger partial charge >= 0.3 is 0 Å². The number of aromatic nitrogens is 2. The number of hydrogen-bond donors (Lipinski definition) is 0. The summed E-state index contributed by atoms with van der Waals surface area (Å²) in [6, 6.07) is 20.3. The average Bonchev–Trinajstić information content (AvgIpc) is 3.43. The number of benzene rings is 3. The molecule has 0 fully saturated rings. The van der Waals surface area contributed by atoms with Crippen LogP contribution in [0.15, 0.2) is 88.3 Å². The molecule has 0 spiro atoms. The van der Waals surface area contributed by atoms with Gasteiger partial charge in [0, 0.05) is 21.7 Å². The van der Waals surface area contributed by atoms with Gasteiger partial charge in [-0.2, -0.15) is 0 Å². The summed E-state index contributed by atoms with van der Waals surface area (Å²) in [6.45, 7) is 0. The van der Waals surface area contributed by atoms with Gasteiger partial charge in [-0.25, -0.2) is 4.98 Å². The molecule has 142 valence electrons. The van der Waals surface area contributed by atoms with Crippen molar-refractivity contribution in [2.24, 2.45) is 0 Å². The Bertz CT molecular complexity index is 1670. The van der Waals surface area contributed by atoms with E-state index in [4.69, 9.17) is 9.40 Å². The molecule has 0 saturated carbocycles. The molecule has 3 heterocycles. The summed E-state index contributed by atoms with van der Waals surface area (Å²) in [6.07, 6.45) is 4.69. The molecule has 6 aromatic rings. The molecule has 5 nitrogen and oxygen atoms in total. The molecular weight excluding hydrogens is 376 g/mol. The number of carbonyl (C=O) groups excluding carboxylic acids is 1. The van der Waals surface area contributed by atoms with Crippen LogP contribution >= 0.6 is 0 Å². The average molecular weight is 390 g/mol. The zero-order valence-corrected chi connectivity index (χ0v) is 15.7. The number of pyridine rings is 1. The van der Waals surface area contributed by atoms with Crippen LogP contribution in [0.3, 0.4) is 0 Å². The Morgan fingerprint density at radius 2 is 1.77 bits per heavy atom. The highest BCUT2D eigenvalue weighted by atomic mass is 16.3. The number of rotatable bonds is 3. The molecule has 0 atom stereocenters. The van der Waals surface area contributed by atoms with Gasteiger partial charge in [-0.1, -0.05) is 30.3 Å². The van der Waals surface area contributed by atoms with Crippen LogP contribution in [0, 0.1) is 0 Å².